The molecule has 4 rings (SSSR count). The summed E-state index contributed by atoms with van der Waals surface area (Å²) in [5, 5.41) is -0.921. The Morgan fingerprint density at radius 1 is 0.871 bits per heavy atom. The van der Waals surface area contributed by atoms with Gasteiger partial charge in [0.05, 0.1) is 17.0 Å². The van der Waals surface area contributed by atoms with E-state index in [1.165, 1.54) is 0 Å². The molecule has 0 radical (unpaired) electrons. The molecule has 0 aliphatic rings. The van der Waals surface area contributed by atoms with Crippen LogP contribution in [0.25, 0.3) is 11.0 Å². The number of rotatable bonds is 6. The summed E-state index contributed by atoms with van der Waals surface area (Å²) in [6.45, 7) is 3.94. The van der Waals surface area contributed by atoms with Gasteiger partial charge in [0.15, 0.2) is 5.12 Å². The van der Waals surface area contributed by atoms with Crippen molar-refractivity contribution in [2.24, 2.45) is 0 Å². The summed E-state index contributed by atoms with van der Waals surface area (Å²) in [4.78, 5) is 34.5. The first-order valence-electron chi connectivity index (χ1n) is 9.89. The van der Waals surface area contributed by atoms with Crippen molar-refractivity contribution in [1.29, 1.82) is 0 Å². The van der Waals surface area contributed by atoms with Crippen molar-refractivity contribution < 1.29 is 9.59 Å². The van der Waals surface area contributed by atoms with Crippen LogP contribution in [0.15, 0.2) is 72.8 Å². The van der Waals surface area contributed by atoms with E-state index < -0.39 is 21.6 Å². The van der Waals surface area contributed by atoms with Crippen molar-refractivity contribution in [2.45, 2.75) is 25.2 Å². The SMILES string of the molecule is Cc1ccc(C(C(=O)S)C(C(=O)S)(c2ccc(C)cc2)c2nc3ccccc3[nH]2)cc1. The second-order valence-electron chi connectivity index (χ2n) is 7.76. The van der Waals surface area contributed by atoms with Crippen LogP contribution in [0.3, 0.4) is 0 Å². The molecule has 0 saturated carbocycles. The van der Waals surface area contributed by atoms with Gasteiger partial charge in [-0.3, -0.25) is 9.59 Å². The molecule has 1 N–H and O–H groups in total. The Bertz CT molecular complexity index is 1230. The number of aromatic nitrogens is 2. The number of carbonyl (C=O) groups excluding carboxylic acids is 2. The van der Waals surface area contributed by atoms with Gasteiger partial charge in [-0.2, -0.15) is 0 Å². The van der Waals surface area contributed by atoms with Gasteiger partial charge in [-0.1, -0.05) is 71.8 Å². The number of benzene rings is 3. The lowest BCUT2D eigenvalue weighted by atomic mass is 9.67. The summed E-state index contributed by atoms with van der Waals surface area (Å²) in [5.74, 6) is -0.560. The van der Waals surface area contributed by atoms with Crippen molar-refractivity contribution in [2.75, 3.05) is 0 Å². The molecule has 3 aromatic carbocycles. The number of fused-ring (bicyclic) bond motifs is 1. The number of aromatic amines is 1. The van der Waals surface area contributed by atoms with E-state index in [4.69, 9.17) is 4.98 Å². The Labute approximate surface area is 191 Å². The number of aryl methyl sites for hydroxylation is 2. The summed E-state index contributed by atoms with van der Waals surface area (Å²) >= 11 is 8.56. The Kier molecular flexibility index (Phi) is 5.77. The van der Waals surface area contributed by atoms with Crippen LogP contribution in [0.2, 0.25) is 0 Å². The fourth-order valence-electron chi connectivity index (χ4n) is 4.08. The zero-order chi connectivity index (χ0) is 22.2. The van der Waals surface area contributed by atoms with Crippen molar-refractivity contribution in [1.82, 2.24) is 9.97 Å². The van der Waals surface area contributed by atoms with Gasteiger partial charge >= 0.3 is 0 Å². The number of hydrogen-bond acceptors (Lipinski definition) is 3. The van der Waals surface area contributed by atoms with Gasteiger partial charge in [-0.15, -0.1) is 25.3 Å². The van der Waals surface area contributed by atoms with E-state index in [0.29, 0.717) is 22.5 Å². The summed E-state index contributed by atoms with van der Waals surface area (Å²) in [6, 6.07) is 22.6. The fourth-order valence-corrected chi connectivity index (χ4v) is 4.79. The van der Waals surface area contributed by atoms with Gasteiger partial charge in [0, 0.05) is 0 Å². The molecule has 4 aromatic rings. The zero-order valence-electron chi connectivity index (χ0n) is 17.2. The number of imidazole rings is 1. The van der Waals surface area contributed by atoms with E-state index >= 15 is 0 Å². The highest BCUT2D eigenvalue weighted by Gasteiger charge is 2.53. The van der Waals surface area contributed by atoms with Gasteiger partial charge in [-0.05, 0) is 37.1 Å². The van der Waals surface area contributed by atoms with Crippen molar-refractivity contribution in [3.63, 3.8) is 0 Å². The van der Waals surface area contributed by atoms with Gasteiger partial charge < -0.3 is 4.98 Å². The highest BCUT2D eigenvalue weighted by Crippen LogP contribution is 2.47. The Balaban J connectivity index is 2.09. The second kappa shape index (κ2) is 8.36. The molecular weight excluding hydrogens is 424 g/mol. The summed E-state index contributed by atoms with van der Waals surface area (Å²) in [5.41, 5.74) is 3.40. The molecule has 31 heavy (non-hydrogen) atoms. The third kappa shape index (κ3) is 3.70. The van der Waals surface area contributed by atoms with Crippen LogP contribution in [0, 0.1) is 13.8 Å². The number of carbonyl (C=O) groups is 2. The maximum atomic E-state index is 13.4. The van der Waals surface area contributed by atoms with E-state index in [1.807, 2.05) is 86.6 Å². The van der Waals surface area contributed by atoms with E-state index in [-0.39, 0.29) is 0 Å². The average molecular weight is 447 g/mol. The monoisotopic (exact) mass is 446 g/mol. The number of thiol groups is 2. The molecule has 2 atom stereocenters. The minimum Gasteiger partial charge on any atom is -0.341 e. The van der Waals surface area contributed by atoms with E-state index in [2.05, 4.69) is 30.2 Å². The molecule has 0 bridgehead atoms. The molecule has 2 unspecified atom stereocenters. The number of hydrogen-bond donors (Lipinski definition) is 3. The average Bonchev–Trinajstić information content (AvgIpc) is 3.17. The summed E-state index contributed by atoms with van der Waals surface area (Å²) in [6.07, 6.45) is 0. The largest absolute Gasteiger partial charge is 0.341 e. The van der Waals surface area contributed by atoms with Crippen molar-refractivity contribution in [3.05, 3.63) is 101 Å². The van der Waals surface area contributed by atoms with Crippen molar-refractivity contribution in [3.8, 4) is 0 Å². The van der Waals surface area contributed by atoms with Gasteiger partial charge in [0.2, 0.25) is 5.12 Å². The molecule has 0 saturated heterocycles. The molecule has 6 heteroatoms. The van der Waals surface area contributed by atoms with Gasteiger partial charge in [-0.25, -0.2) is 4.98 Å². The fraction of sp³-hybridized carbons (Fsp3) is 0.160. The molecule has 1 heterocycles. The van der Waals surface area contributed by atoms with Crippen LogP contribution in [0.4, 0.5) is 0 Å². The summed E-state index contributed by atoms with van der Waals surface area (Å²) in [7, 11) is 0. The predicted octanol–water partition coefficient (Wildman–Crippen LogP) is 5.16. The Hall–Kier alpha value is -2.83. The quantitative estimate of drug-likeness (QED) is 0.359. The maximum Gasteiger partial charge on any atom is 0.205 e. The van der Waals surface area contributed by atoms with Crippen LogP contribution in [-0.4, -0.2) is 20.2 Å². The first-order chi connectivity index (χ1) is 14.8. The third-order valence-electron chi connectivity index (χ3n) is 5.70. The standard InChI is InChI=1S/C25H22N2O2S2/c1-15-7-11-17(12-8-15)21(22(28)30)25(24(29)31,18-13-9-16(2)10-14-18)23-26-19-5-3-4-6-20(19)27-23/h3-14,21H,1-2H3,(H,26,27)(H,28,30)(H,29,31). The minimum absolute atomic E-state index is 0.366. The van der Waals surface area contributed by atoms with Gasteiger partial charge in [0.1, 0.15) is 11.2 Å². The molecule has 0 aliphatic heterocycles. The topological polar surface area (TPSA) is 62.8 Å². The normalized spacial score (nSPS) is 14.2. The van der Waals surface area contributed by atoms with Crippen molar-refractivity contribution >= 4 is 46.5 Å². The number of nitrogens with zero attached hydrogens (tertiary/aromatic N) is 1. The molecule has 0 spiro atoms. The Morgan fingerprint density at radius 3 is 2.00 bits per heavy atom. The number of H-pyrrole nitrogens is 1. The lowest BCUT2D eigenvalue weighted by Gasteiger charge is -2.36. The van der Waals surface area contributed by atoms with E-state index in [9.17, 15) is 9.59 Å². The highest BCUT2D eigenvalue weighted by molar-refractivity contribution is 7.97. The first-order valence-corrected chi connectivity index (χ1v) is 10.8. The zero-order valence-corrected chi connectivity index (χ0v) is 19.0. The molecular formula is C25H22N2O2S2. The van der Waals surface area contributed by atoms with Crippen LogP contribution in [0.1, 0.15) is 34.0 Å². The molecule has 0 amide bonds. The van der Waals surface area contributed by atoms with E-state index in [1.54, 1.807) is 0 Å². The minimum atomic E-state index is -1.48. The maximum absolute atomic E-state index is 13.4. The molecule has 1 aromatic heterocycles. The predicted molar refractivity (Wildman–Crippen MR) is 130 cm³/mol. The highest BCUT2D eigenvalue weighted by atomic mass is 32.1. The van der Waals surface area contributed by atoms with Crippen LogP contribution < -0.4 is 0 Å². The van der Waals surface area contributed by atoms with Gasteiger partial charge in [0.25, 0.3) is 0 Å². The summed E-state index contributed by atoms with van der Waals surface area (Å²) < 4.78 is 0. The molecule has 4 nitrogen and oxygen atoms in total. The van der Waals surface area contributed by atoms with E-state index in [0.717, 1.165) is 16.6 Å². The number of para-hydroxylation sites is 2. The lowest BCUT2D eigenvalue weighted by molar-refractivity contribution is -0.120. The van der Waals surface area contributed by atoms with Crippen LogP contribution in [-0.2, 0) is 15.0 Å². The smallest absolute Gasteiger partial charge is 0.205 e. The molecule has 0 fully saturated rings. The molecule has 0 aliphatic carbocycles. The van der Waals surface area contributed by atoms with Crippen LogP contribution >= 0.6 is 25.3 Å². The second-order valence-corrected chi connectivity index (χ2v) is 8.61. The third-order valence-corrected chi connectivity index (χ3v) is 6.31. The lowest BCUT2D eigenvalue weighted by Crippen LogP contribution is -2.44. The van der Waals surface area contributed by atoms with Crippen LogP contribution in [0.5, 0.6) is 0 Å². The Morgan fingerprint density at radius 2 is 1.45 bits per heavy atom. The number of nitrogens with one attached hydrogen (secondary N) is 1. The first kappa shape index (κ1) is 21.4. The molecule has 156 valence electrons.